The highest BCUT2D eigenvalue weighted by Gasteiger charge is 2.13. The Bertz CT molecular complexity index is 1060. The van der Waals surface area contributed by atoms with Gasteiger partial charge in [-0.25, -0.2) is 14.6 Å². The first kappa shape index (κ1) is 20.6. The standard InChI is InChI=1S/C21H24N6O4/c28-19(14-27-21(29)7-6-16(25-27)17-5-4-11-30-17)22-8-12-31-20-13-18(23-15-24-20)26-9-2-1-3-10-26/h4-7,11,13,15H,1-3,8-10,12,14H2,(H,22,28). The molecule has 4 rings (SSSR count). The molecule has 31 heavy (non-hydrogen) atoms. The number of nitrogens with one attached hydrogen (secondary N) is 1. The van der Waals surface area contributed by atoms with Gasteiger partial charge in [-0.2, -0.15) is 5.10 Å². The van der Waals surface area contributed by atoms with Crippen LogP contribution in [0.4, 0.5) is 5.82 Å². The van der Waals surface area contributed by atoms with Gasteiger partial charge in [0.25, 0.3) is 5.56 Å². The Morgan fingerprint density at radius 1 is 1.16 bits per heavy atom. The fourth-order valence-electron chi connectivity index (χ4n) is 3.36. The molecule has 10 heteroatoms. The van der Waals surface area contributed by atoms with E-state index in [0.717, 1.165) is 36.4 Å². The van der Waals surface area contributed by atoms with E-state index < -0.39 is 0 Å². The zero-order valence-corrected chi connectivity index (χ0v) is 17.1. The van der Waals surface area contributed by atoms with Gasteiger partial charge in [0.15, 0.2) is 5.76 Å². The number of hydrogen-bond donors (Lipinski definition) is 1. The van der Waals surface area contributed by atoms with Crippen LogP contribution in [-0.2, 0) is 11.3 Å². The van der Waals surface area contributed by atoms with Gasteiger partial charge >= 0.3 is 0 Å². The van der Waals surface area contributed by atoms with Crippen LogP contribution in [0.25, 0.3) is 11.5 Å². The van der Waals surface area contributed by atoms with Crippen LogP contribution in [0.2, 0.25) is 0 Å². The number of amides is 1. The van der Waals surface area contributed by atoms with E-state index in [4.69, 9.17) is 9.15 Å². The van der Waals surface area contributed by atoms with E-state index in [2.05, 4.69) is 25.3 Å². The molecular formula is C21H24N6O4. The molecule has 3 aromatic heterocycles. The summed E-state index contributed by atoms with van der Waals surface area (Å²) in [6.07, 6.45) is 6.58. The van der Waals surface area contributed by atoms with Crippen molar-refractivity contribution in [3.05, 3.63) is 53.3 Å². The molecule has 0 saturated carbocycles. The van der Waals surface area contributed by atoms with Crippen molar-refractivity contribution in [3.8, 4) is 17.3 Å². The second kappa shape index (κ2) is 9.88. The number of piperidine rings is 1. The van der Waals surface area contributed by atoms with E-state index >= 15 is 0 Å². The van der Waals surface area contributed by atoms with Gasteiger partial charge in [-0.1, -0.05) is 0 Å². The van der Waals surface area contributed by atoms with Crippen molar-refractivity contribution in [2.24, 2.45) is 0 Å². The van der Waals surface area contributed by atoms with Gasteiger partial charge in [0, 0.05) is 25.2 Å². The summed E-state index contributed by atoms with van der Waals surface area (Å²) >= 11 is 0. The summed E-state index contributed by atoms with van der Waals surface area (Å²) in [7, 11) is 0. The molecule has 1 fully saturated rings. The Morgan fingerprint density at radius 2 is 2.03 bits per heavy atom. The quantitative estimate of drug-likeness (QED) is 0.541. The lowest BCUT2D eigenvalue weighted by molar-refractivity contribution is -0.122. The number of hydrogen-bond acceptors (Lipinski definition) is 8. The number of nitrogens with zero attached hydrogens (tertiary/aromatic N) is 5. The Morgan fingerprint density at radius 3 is 2.84 bits per heavy atom. The van der Waals surface area contributed by atoms with Gasteiger partial charge in [0.2, 0.25) is 11.8 Å². The number of rotatable bonds is 8. The second-order valence-corrected chi connectivity index (χ2v) is 7.15. The summed E-state index contributed by atoms with van der Waals surface area (Å²) in [4.78, 5) is 34.9. The molecule has 0 spiro atoms. The molecular weight excluding hydrogens is 400 g/mol. The van der Waals surface area contributed by atoms with Crippen LogP contribution >= 0.6 is 0 Å². The van der Waals surface area contributed by atoms with Gasteiger partial charge in [-0.15, -0.1) is 0 Å². The minimum Gasteiger partial charge on any atom is -0.476 e. The second-order valence-electron chi connectivity index (χ2n) is 7.15. The summed E-state index contributed by atoms with van der Waals surface area (Å²) in [5, 5.41) is 6.90. The molecule has 1 aliphatic rings. The molecule has 0 aliphatic carbocycles. The first-order chi connectivity index (χ1) is 15.2. The van der Waals surface area contributed by atoms with Crippen molar-refractivity contribution in [3.63, 3.8) is 0 Å². The van der Waals surface area contributed by atoms with Crippen molar-refractivity contribution >= 4 is 11.7 Å². The molecule has 1 aliphatic heterocycles. The highest BCUT2D eigenvalue weighted by molar-refractivity contribution is 5.75. The minimum atomic E-state index is -0.368. The van der Waals surface area contributed by atoms with E-state index in [1.165, 1.54) is 25.1 Å². The molecule has 0 unspecified atom stereocenters. The monoisotopic (exact) mass is 424 g/mol. The lowest BCUT2D eigenvalue weighted by atomic mass is 10.1. The third-order valence-electron chi connectivity index (χ3n) is 4.92. The van der Waals surface area contributed by atoms with Gasteiger partial charge in [-0.3, -0.25) is 9.59 Å². The number of anilines is 1. The number of aromatic nitrogens is 4. The predicted octanol–water partition coefficient (Wildman–Crippen LogP) is 1.48. The summed E-state index contributed by atoms with van der Waals surface area (Å²) < 4.78 is 12.0. The Hall–Kier alpha value is -3.69. The molecule has 1 amide bonds. The molecule has 0 aromatic carbocycles. The molecule has 0 radical (unpaired) electrons. The number of furan rings is 1. The third-order valence-corrected chi connectivity index (χ3v) is 4.92. The molecule has 0 atom stereocenters. The van der Waals surface area contributed by atoms with E-state index in [1.54, 1.807) is 18.2 Å². The predicted molar refractivity (Wildman–Crippen MR) is 113 cm³/mol. The fraction of sp³-hybridized carbons (Fsp3) is 0.381. The fourth-order valence-corrected chi connectivity index (χ4v) is 3.36. The Labute approximate surface area is 178 Å². The van der Waals surface area contributed by atoms with Gasteiger partial charge < -0.3 is 19.4 Å². The molecule has 3 aromatic rings. The lowest BCUT2D eigenvalue weighted by Gasteiger charge is -2.27. The van der Waals surface area contributed by atoms with Crippen LogP contribution in [0.3, 0.4) is 0 Å². The number of carbonyl (C=O) groups excluding carboxylic acids is 1. The molecule has 162 valence electrons. The average molecular weight is 424 g/mol. The van der Waals surface area contributed by atoms with Gasteiger partial charge in [0.05, 0.1) is 12.8 Å². The Balaban J connectivity index is 1.26. The van der Waals surface area contributed by atoms with E-state index in [-0.39, 0.29) is 31.2 Å². The van der Waals surface area contributed by atoms with Crippen LogP contribution < -0.4 is 20.5 Å². The van der Waals surface area contributed by atoms with Gasteiger partial charge in [0.1, 0.15) is 31.0 Å². The minimum absolute atomic E-state index is 0.194. The van der Waals surface area contributed by atoms with Gasteiger partial charge in [-0.05, 0) is 37.5 Å². The molecule has 10 nitrogen and oxygen atoms in total. The van der Waals surface area contributed by atoms with Crippen LogP contribution in [-0.4, -0.2) is 51.9 Å². The largest absolute Gasteiger partial charge is 0.476 e. The molecule has 0 bridgehead atoms. The first-order valence-electron chi connectivity index (χ1n) is 10.3. The van der Waals surface area contributed by atoms with Crippen LogP contribution in [0.5, 0.6) is 5.88 Å². The molecule has 4 heterocycles. The Kier molecular flexibility index (Phi) is 6.56. The zero-order chi connectivity index (χ0) is 21.5. The third kappa shape index (κ3) is 5.47. The van der Waals surface area contributed by atoms with Crippen LogP contribution in [0, 0.1) is 0 Å². The summed E-state index contributed by atoms with van der Waals surface area (Å²) in [5.41, 5.74) is 0.113. The maximum absolute atomic E-state index is 12.2. The smallest absolute Gasteiger partial charge is 0.267 e. The van der Waals surface area contributed by atoms with Crippen LogP contribution in [0.1, 0.15) is 19.3 Å². The molecule has 1 N–H and O–H groups in total. The van der Waals surface area contributed by atoms with Crippen molar-refractivity contribution in [2.45, 2.75) is 25.8 Å². The van der Waals surface area contributed by atoms with E-state index in [1.807, 2.05) is 6.07 Å². The van der Waals surface area contributed by atoms with Crippen LogP contribution in [0.15, 0.2) is 52.1 Å². The first-order valence-corrected chi connectivity index (χ1v) is 10.3. The number of ether oxygens (including phenoxy) is 1. The maximum Gasteiger partial charge on any atom is 0.267 e. The van der Waals surface area contributed by atoms with Crippen molar-refractivity contribution in [1.82, 2.24) is 25.1 Å². The van der Waals surface area contributed by atoms with E-state index in [9.17, 15) is 9.59 Å². The van der Waals surface area contributed by atoms with Crippen molar-refractivity contribution in [2.75, 3.05) is 31.1 Å². The van der Waals surface area contributed by atoms with Crippen molar-refractivity contribution < 1.29 is 13.9 Å². The molecule has 1 saturated heterocycles. The summed E-state index contributed by atoms with van der Waals surface area (Å²) in [6.45, 7) is 2.30. The summed E-state index contributed by atoms with van der Waals surface area (Å²) in [6, 6.07) is 8.20. The topological polar surface area (TPSA) is 115 Å². The highest BCUT2D eigenvalue weighted by Crippen LogP contribution is 2.20. The normalized spacial score (nSPS) is 13.7. The average Bonchev–Trinajstić information content (AvgIpc) is 3.34. The van der Waals surface area contributed by atoms with Crippen molar-refractivity contribution in [1.29, 1.82) is 0 Å². The maximum atomic E-state index is 12.2. The zero-order valence-electron chi connectivity index (χ0n) is 17.1. The summed E-state index contributed by atoms with van der Waals surface area (Å²) in [5.74, 6) is 1.51. The lowest BCUT2D eigenvalue weighted by Crippen LogP contribution is -2.35. The number of carbonyl (C=O) groups is 1. The SMILES string of the molecule is O=C(Cn1nc(-c2ccco2)ccc1=O)NCCOc1cc(N2CCCCC2)ncn1. The highest BCUT2D eigenvalue weighted by atomic mass is 16.5. The van der Waals surface area contributed by atoms with E-state index in [0.29, 0.717) is 17.3 Å².